The summed E-state index contributed by atoms with van der Waals surface area (Å²) in [5.41, 5.74) is 2.62. The summed E-state index contributed by atoms with van der Waals surface area (Å²) >= 11 is 1.60. The molecule has 112 valence electrons. The molecular weight excluding hydrogens is 308 g/mol. The highest BCUT2D eigenvalue weighted by Crippen LogP contribution is 2.22. The van der Waals surface area contributed by atoms with Gasteiger partial charge in [0.1, 0.15) is 16.7 Å². The Morgan fingerprint density at radius 1 is 1.29 bits per heavy atom. The first-order chi connectivity index (χ1) is 9.96. The SMILES string of the molecule is C[S+](=O)([O-])NCCNC(=O)c1cccc(-c2ccsc2)c1. The normalized spacial score (nSPS) is 13.6. The lowest BCUT2D eigenvalue weighted by Crippen LogP contribution is -2.36. The lowest BCUT2D eigenvalue weighted by atomic mass is 10.1. The van der Waals surface area contributed by atoms with E-state index in [1.807, 2.05) is 35.0 Å². The molecule has 0 fully saturated rings. The first-order valence-corrected chi connectivity index (χ1v) is 9.14. The molecule has 5 nitrogen and oxygen atoms in total. The molecule has 0 saturated carbocycles. The van der Waals surface area contributed by atoms with Crippen LogP contribution in [0.4, 0.5) is 0 Å². The fourth-order valence-electron chi connectivity index (χ4n) is 1.78. The number of nitrogens with one attached hydrogen (secondary N) is 2. The van der Waals surface area contributed by atoms with Gasteiger partial charge in [0.15, 0.2) is 0 Å². The maximum atomic E-state index is 12.0. The van der Waals surface area contributed by atoms with E-state index in [0.29, 0.717) is 5.56 Å². The average molecular weight is 324 g/mol. The van der Waals surface area contributed by atoms with Crippen molar-refractivity contribution in [3.05, 3.63) is 46.7 Å². The number of carbonyl (C=O) groups excluding carboxylic acids is 1. The number of carbonyl (C=O) groups is 1. The molecular formula is C14H16N2O3S2. The van der Waals surface area contributed by atoms with Gasteiger partial charge in [-0.2, -0.15) is 11.3 Å². The fraction of sp³-hybridized carbons (Fsp3) is 0.214. The molecule has 1 atom stereocenters. The summed E-state index contributed by atoms with van der Waals surface area (Å²) in [6.45, 7) is 0.420. The largest absolute Gasteiger partial charge is 0.598 e. The molecule has 0 bridgehead atoms. The molecule has 1 aromatic carbocycles. The number of sulfonamides is 1. The number of thiophene rings is 1. The van der Waals surface area contributed by atoms with Crippen molar-refractivity contribution < 1.29 is 13.6 Å². The van der Waals surface area contributed by atoms with Gasteiger partial charge < -0.3 is 9.87 Å². The van der Waals surface area contributed by atoms with E-state index >= 15 is 0 Å². The lowest BCUT2D eigenvalue weighted by molar-refractivity contribution is 0.0954. The molecule has 21 heavy (non-hydrogen) atoms. The third kappa shape index (κ3) is 5.05. The summed E-state index contributed by atoms with van der Waals surface area (Å²) in [6, 6.07) is 9.33. The molecule has 0 spiro atoms. The monoisotopic (exact) mass is 324 g/mol. The second-order valence-corrected chi connectivity index (χ2v) is 7.13. The topological polar surface area (TPSA) is 81.3 Å². The van der Waals surface area contributed by atoms with Crippen LogP contribution in [0, 0.1) is 0 Å². The van der Waals surface area contributed by atoms with Crippen molar-refractivity contribution in [3.8, 4) is 11.1 Å². The van der Waals surface area contributed by atoms with Crippen LogP contribution >= 0.6 is 11.3 Å². The van der Waals surface area contributed by atoms with Crippen LogP contribution in [-0.2, 0) is 14.6 Å². The molecule has 0 saturated heterocycles. The van der Waals surface area contributed by atoms with Gasteiger partial charge in [0, 0.05) is 12.1 Å². The summed E-state index contributed by atoms with van der Waals surface area (Å²) in [6.07, 6.45) is 1.08. The van der Waals surface area contributed by atoms with Gasteiger partial charge in [0.05, 0.1) is 6.54 Å². The standard InChI is InChI=1S/C14H16N2O3S2/c1-21(18,19)16-7-6-15-14(17)12-4-2-3-11(9-12)13-5-8-20-10-13/h2-5,8-10H,6-7H2,1H3,(H2-,15,16,17,18,19). The second kappa shape index (κ2) is 6.95. The third-order valence-electron chi connectivity index (χ3n) is 2.75. The molecule has 2 rings (SSSR count). The van der Waals surface area contributed by atoms with Crippen molar-refractivity contribution >= 4 is 27.6 Å². The van der Waals surface area contributed by atoms with Crippen LogP contribution in [0.15, 0.2) is 41.1 Å². The number of hydrogen-bond donors (Lipinski definition) is 2. The Balaban J connectivity index is 1.94. The van der Waals surface area contributed by atoms with E-state index in [2.05, 4.69) is 10.0 Å². The van der Waals surface area contributed by atoms with Crippen molar-refractivity contribution in [1.82, 2.24) is 10.0 Å². The quantitative estimate of drug-likeness (QED) is 0.629. The van der Waals surface area contributed by atoms with Crippen LogP contribution in [0.3, 0.4) is 0 Å². The van der Waals surface area contributed by atoms with E-state index in [1.54, 1.807) is 17.4 Å². The van der Waals surface area contributed by atoms with E-state index in [4.69, 9.17) is 0 Å². The maximum Gasteiger partial charge on any atom is 0.251 e. The van der Waals surface area contributed by atoms with Crippen LogP contribution in [0.25, 0.3) is 11.1 Å². The van der Waals surface area contributed by atoms with E-state index < -0.39 is 10.4 Å². The molecule has 0 aliphatic heterocycles. The summed E-state index contributed by atoms with van der Waals surface area (Å²) in [7, 11) is -3.22. The average Bonchev–Trinajstić information content (AvgIpc) is 2.96. The van der Waals surface area contributed by atoms with Crippen molar-refractivity contribution in [2.75, 3.05) is 19.3 Å². The highest BCUT2D eigenvalue weighted by Gasteiger charge is 2.08. The molecule has 0 aliphatic rings. The predicted octanol–water partition coefficient (Wildman–Crippen LogP) is 1.91. The Kier molecular flexibility index (Phi) is 5.24. The van der Waals surface area contributed by atoms with Gasteiger partial charge in [0.25, 0.3) is 5.91 Å². The molecule has 1 heterocycles. The van der Waals surface area contributed by atoms with Crippen molar-refractivity contribution in [2.24, 2.45) is 0 Å². The molecule has 2 aromatic rings. The van der Waals surface area contributed by atoms with Crippen molar-refractivity contribution in [1.29, 1.82) is 0 Å². The molecule has 1 amide bonds. The van der Waals surface area contributed by atoms with Crippen LogP contribution in [0.1, 0.15) is 10.4 Å². The summed E-state index contributed by atoms with van der Waals surface area (Å²) in [5.74, 6) is -0.220. The Bertz CT molecular complexity index is 650. The number of benzene rings is 1. The zero-order valence-electron chi connectivity index (χ0n) is 11.5. The van der Waals surface area contributed by atoms with Gasteiger partial charge in [-0.1, -0.05) is 16.3 Å². The molecule has 0 aliphatic carbocycles. The van der Waals surface area contributed by atoms with Crippen molar-refractivity contribution in [3.63, 3.8) is 0 Å². The van der Waals surface area contributed by atoms with Crippen LogP contribution in [0.2, 0.25) is 0 Å². The second-order valence-electron chi connectivity index (χ2n) is 4.52. The van der Waals surface area contributed by atoms with Gasteiger partial charge in [0.2, 0.25) is 0 Å². The first kappa shape index (κ1) is 15.8. The predicted molar refractivity (Wildman–Crippen MR) is 84.8 cm³/mol. The smallest absolute Gasteiger partial charge is 0.251 e. The lowest BCUT2D eigenvalue weighted by Gasteiger charge is -2.10. The maximum absolute atomic E-state index is 12.0. The first-order valence-electron chi connectivity index (χ1n) is 6.31. The van der Waals surface area contributed by atoms with Gasteiger partial charge in [-0.3, -0.25) is 4.79 Å². The summed E-state index contributed by atoms with van der Waals surface area (Å²) in [5, 5.41) is 6.69. The third-order valence-corrected chi connectivity index (χ3v) is 4.17. The highest BCUT2D eigenvalue weighted by atomic mass is 32.3. The zero-order valence-corrected chi connectivity index (χ0v) is 13.1. The fourth-order valence-corrected chi connectivity index (χ4v) is 2.92. The minimum atomic E-state index is -3.22. The minimum Gasteiger partial charge on any atom is -0.598 e. The number of hydrogen-bond acceptors (Lipinski definition) is 4. The number of rotatable bonds is 6. The van der Waals surface area contributed by atoms with E-state index in [1.165, 1.54) is 0 Å². The molecule has 0 radical (unpaired) electrons. The number of amides is 1. The van der Waals surface area contributed by atoms with Crippen LogP contribution in [-0.4, -0.2) is 29.8 Å². The molecule has 2 N–H and O–H groups in total. The van der Waals surface area contributed by atoms with Crippen LogP contribution in [0.5, 0.6) is 0 Å². The van der Waals surface area contributed by atoms with E-state index in [0.717, 1.165) is 17.4 Å². The summed E-state index contributed by atoms with van der Waals surface area (Å²) < 4.78 is 24.1. The Morgan fingerprint density at radius 2 is 2.10 bits per heavy atom. The molecule has 1 unspecified atom stereocenters. The van der Waals surface area contributed by atoms with Gasteiger partial charge >= 0.3 is 0 Å². The van der Waals surface area contributed by atoms with Gasteiger partial charge in [-0.25, -0.2) is 0 Å². The Morgan fingerprint density at radius 3 is 2.76 bits per heavy atom. The Hall–Kier alpha value is -1.54. The Labute approximate surface area is 128 Å². The summed E-state index contributed by atoms with van der Waals surface area (Å²) in [4.78, 5) is 12.0. The minimum absolute atomic E-state index is 0.175. The molecule has 1 aromatic heterocycles. The van der Waals surface area contributed by atoms with Crippen LogP contribution < -0.4 is 10.0 Å². The van der Waals surface area contributed by atoms with Gasteiger partial charge in [-0.15, -0.1) is 4.72 Å². The van der Waals surface area contributed by atoms with Crippen molar-refractivity contribution in [2.45, 2.75) is 0 Å². The molecule has 7 heteroatoms. The van der Waals surface area contributed by atoms with E-state index in [9.17, 15) is 13.6 Å². The van der Waals surface area contributed by atoms with Gasteiger partial charge in [-0.05, 0) is 40.1 Å². The zero-order chi connectivity index (χ0) is 15.3. The highest BCUT2D eigenvalue weighted by molar-refractivity contribution is 7.95. The van der Waals surface area contributed by atoms with E-state index in [-0.39, 0.29) is 19.0 Å².